The first-order chi connectivity index (χ1) is 9.71. The van der Waals surface area contributed by atoms with E-state index in [4.69, 9.17) is 0 Å². The van der Waals surface area contributed by atoms with Gasteiger partial charge < -0.3 is 5.32 Å². The molecule has 20 heavy (non-hydrogen) atoms. The molecule has 3 aromatic rings. The van der Waals surface area contributed by atoms with Crippen LogP contribution in [0.4, 0.5) is 5.95 Å². The molecule has 0 saturated carbocycles. The molecule has 0 aromatic carbocycles. The molecule has 0 radical (unpaired) electrons. The summed E-state index contributed by atoms with van der Waals surface area (Å²) in [6.07, 6.45) is 4.81. The highest BCUT2D eigenvalue weighted by atomic mass is 127. The number of hydrogen-bond acceptors (Lipinski definition) is 5. The van der Waals surface area contributed by atoms with Crippen molar-refractivity contribution >= 4 is 50.1 Å². The molecule has 0 atom stereocenters. The number of aromatic nitrogens is 4. The van der Waals surface area contributed by atoms with Crippen molar-refractivity contribution in [1.29, 1.82) is 0 Å². The summed E-state index contributed by atoms with van der Waals surface area (Å²) in [5, 5.41) is 8.62. The third kappa shape index (κ3) is 2.51. The van der Waals surface area contributed by atoms with Crippen molar-refractivity contribution in [2.75, 3.05) is 11.9 Å². The van der Waals surface area contributed by atoms with E-state index in [-0.39, 0.29) is 0 Å². The largest absolute Gasteiger partial charge is 0.354 e. The lowest BCUT2D eigenvalue weighted by Gasteiger charge is -2.06. The van der Waals surface area contributed by atoms with Gasteiger partial charge in [-0.3, -0.25) is 0 Å². The van der Waals surface area contributed by atoms with E-state index in [9.17, 15) is 0 Å². The first-order valence-electron chi connectivity index (χ1n) is 6.46. The summed E-state index contributed by atoms with van der Waals surface area (Å²) < 4.78 is 2.91. The quantitative estimate of drug-likeness (QED) is 0.683. The summed E-state index contributed by atoms with van der Waals surface area (Å²) in [6.45, 7) is 4.99. The van der Waals surface area contributed by atoms with E-state index < -0.39 is 0 Å². The lowest BCUT2D eigenvalue weighted by Crippen LogP contribution is -2.06. The second-order valence-corrected chi connectivity index (χ2v) is 6.65. The van der Waals surface area contributed by atoms with Gasteiger partial charge in [0.15, 0.2) is 5.82 Å². The van der Waals surface area contributed by atoms with Crippen LogP contribution >= 0.6 is 33.9 Å². The minimum Gasteiger partial charge on any atom is -0.354 e. The van der Waals surface area contributed by atoms with Crippen LogP contribution in [0.3, 0.4) is 0 Å². The highest BCUT2D eigenvalue weighted by Crippen LogP contribution is 2.29. The zero-order valence-electron chi connectivity index (χ0n) is 11.2. The number of hydrogen-bond donors (Lipinski definition) is 1. The van der Waals surface area contributed by atoms with Crippen LogP contribution in [0.1, 0.15) is 18.7 Å². The first-order valence-corrected chi connectivity index (χ1v) is 8.35. The van der Waals surface area contributed by atoms with Gasteiger partial charge in [0.2, 0.25) is 5.95 Å². The van der Waals surface area contributed by atoms with E-state index in [2.05, 4.69) is 56.0 Å². The molecular formula is C13H14IN5S. The lowest BCUT2D eigenvalue weighted by atomic mass is 10.3. The second kappa shape index (κ2) is 5.65. The van der Waals surface area contributed by atoms with Crippen molar-refractivity contribution in [3.8, 4) is 5.82 Å². The summed E-state index contributed by atoms with van der Waals surface area (Å²) in [4.78, 5) is 11.5. The average molecular weight is 399 g/mol. The smallest absolute Gasteiger partial charge is 0.226 e. The number of anilines is 1. The molecule has 3 heterocycles. The molecule has 3 aromatic heterocycles. The molecule has 7 heteroatoms. The molecule has 0 amide bonds. The number of halogens is 1. The number of thiophene rings is 1. The zero-order chi connectivity index (χ0) is 14.1. The van der Waals surface area contributed by atoms with E-state index >= 15 is 0 Å². The third-order valence-electron chi connectivity index (χ3n) is 2.88. The number of aryl methyl sites for hydroxylation is 1. The van der Waals surface area contributed by atoms with Crippen LogP contribution in [-0.2, 0) is 6.42 Å². The number of nitrogens with zero attached hydrogens (tertiary/aromatic N) is 4. The van der Waals surface area contributed by atoms with Crippen LogP contribution in [-0.4, -0.2) is 26.3 Å². The fourth-order valence-corrected chi connectivity index (χ4v) is 3.31. The van der Waals surface area contributed by atoms with Gasteiger partial charge in [0.1, 0.15) is 4.83 Å². The third-order valence-corrected chi connectivity index (χ3v) is 4.61. The van der Waals surface area contributed by atoms with Gasteiger partial charge in [0, 0.05) is 17.6 Å². The summed E-state index contributed by atoms with van der Waals surface area (Å²) in [5.41, 5.74) is 0. The summed E-state index contributed by atoms with van der Waals surface area (Å²) >= 11 is 3.97. The normalized spacial score (nSPS) is 11.2. The minimum atomic E-state index is 0.657. The lowest BCUT2D eigenvalue weighted by molar-refractivity contribution is 0.851. The van der Waals surface area contributed by atoms with Crippen molar-refractivity contribution in [2.45, 2.75) is 20.3 Å². The van der Waals surface area contributed by atoms with Crippen LogP contribution < -0.4 is 5.32 Å². The van der Waals surface area contributed by atoms with Crippen LogP contribution in [0.15, 0.2) is 18.5 Å². The maximum absolute atomic E-state index is 4.60. The Hall–Kier alpha value is -1.22. The molecule has 0 aliphatic heterocycles. The Morgan fingerprint density at radius 3 is 2.85 bits per heavy atom. The van der Waals surface area contributed by atoms with Crippen LogP contribution in [0.25, 0.3) is 16.0 Å². The average Bonchev–Trinajstić information content (AvgIpc) is 3.04. The van der Waals surface area contributed by atoms with Gasteiger partial charge in [0.25, 0.3) is 0 Å². The molecule has 0 bridgehead atoms. The van der Waals surface area contributed by atoms with Crippen LogP contribution in [0, 0.1) is 3.57 Å². The van der Waals surface area contributed by atoms with E-state index in [0.29, 0.717) is 5.95 Å². The molecule has 0 fully saturated rings. The molecule has 104 valence electrons. The number of nitrogens with one attached hydrogen (secondary N) is 1. The summed E-state index contributed by atoms with van der Waals surface area (Å²) in [5.74, 6) is 1.50. The van der Waals surface area contributed by atoms with Crippen molar-refractivity contribution in [3.05, 3.63) is 26.9 Å². The standard InChI is InChI=1S/C13H14IN5S/c1-3-9-5-10-11(19-7-8(14)6-16-19)17-13(15-4-2)18-12(10)20-9/h5-7H,3-4H2,1-2H3,(H,15,17,18). The zero-order valence-corrected chi connectivity index (χ0v) is 14.2. The molecule has 0 aliphatic carbocycles. The minimum absolute atomic E-state index is 0.657. The molecule has 0 aliphatic rings. The molecule has 0 saturated heterocycles. The number of fused-ring (bicyclic) bond motifs is 1. The Morgan fingerprint density at radius 1 is 1.35 bits per heavy atom. The van der Waals surface area contributed by atoms with Gasteiger partial charge in [-0.15, -0.1) is 11.3 Å². The molecule has 5 nitrogen and oxygen atoms in total. The van der Waals surface area contributed by atoms with Gasteiger partial charge in [-0.2, -0.15) is 10.1 Å². The highest BCUT2D eigenvalue weighted by Gasteiger charge is 2.13. The van der Waals surface area contributed by atoms with E-state index in [0.717, 1.165) is 32.6 Å². The maximum atomic E-state index is 4.60. The fraction of sp³-hybridized carbons (Fsp3) is 0.308. The molecule has 0 unspecified atom stereocenters. The van der Waals surface area contributed by atoms with Gasteiger partial charge in [-0.1, -0.05) is 6.92 Å². The van der Waals surface area contributed by atoms with Crippen LogP contribution in [0.2, 0.25) is 0 Å². The fourth-order valence-electron chi connectivity index (χ4n) is 1.96. The van der Waals surface area contributed by atoms with Gasteiger partial charge in [0.05, 0.1) is 15.2 Å². The van der Waals surface area contributed by atoms with Crippen LogP contribution in [0.5, 0.6) is 0 Å². The van der Waals surface area contributed by atoms with E-state index in [1.807, 2.05) is 24.0 Å². The van der Waals surface area contributed by atoms with Gasteiger partial charge in [-0.25, -0.2) is 9.67 Å². The van der Waals surface area contributed by atoms with Crippen molar-refractivity contribution in [1.82, 2.24) is 19.7 Å². The topological polar surface area (TPSA) is 55.6 Å². The summed E-state index contributed by atoms with van der Waals surface area (Å²) in [6, 6.07) is 2.17. The second-order valence-electron chi connectivity index (χ2n) is 4.29. The highest BCUT2D eigenvalue weighted by molar-refractivity contribution is 14.1. The van der Waals surface area contributed by atoms with Crippen molar-refractivity contribution in [3.63, 3.8) is 0 Å². The maximum Gasteiger partial charge on any atom is 0.226 e. The Balaban J connectivity index is 2.23. The predicted molar refractivity (Wildman–Crippen MR) is 90.8 cm³/mol. The molecule has 0 spiro atoms. The van der Waals surface area contributed by atoms with Gasteiger partial charge >= 0.3 is 0 Å². The molecular weight excluding hydrogens is 385 g/mol. The Kier molecular flexibility index (Phi) is 3.88. The Morgan fingerprint density at radius 2 is 2.20 bits per heavy atom. The number of rotatable bonds is 4. The van der Waals surface area contributed by atoms with Crippen molar-refractivity contribution < 1.29 is 0 Å². The summed E-state index contributed by atoms with van der Waals surface area (Å²) in [7, 11) is 0. The van der Waals surface area contributed by atoms with E-state index in [1.54, 1.807) is 11.3 Å². The molecule has 3 rings (SSSR count). The van der Waals surface area contributed by atoms with E-state index in [1.165, 1.54) is 4.88 Å². The Bertz CT molecular complexity index is 748. The predicted octanol–water partition coefficient (Wildman–Crippen LogP) is 3.48. The van der Waals surface area contributed by atoms with Crippen molar-refractivity contribution in [2.24, 2.45) is 0 Å². The monoisotopic (exact) mass is 399 g/mol. The molecule has 1 N–H and O–H groups in total. The van der Waals surface area contributed by atoms with Gasteiger partial charge in [-0.05, 0) is 42.0 Å². The SMILES string of the molecule is CCNc1nc(-n2cc(I)cn2)c2cc(CC)sc2n1. The first kappa shape index (κ1) is 13.7. The Labute approximate surface area is 134 Å².